The van der Waals surface area contributed by atoms with Gasteiger partial charge in [-0.1, -0.05) is 248 Å². The standard InChI is InChI=1S/C64H112O6/c1-4-7-10-13-16-19-22-24-26-27-28-29-30-31-32-33-34-35-36-37-38-40-42-45-48-51-54-57-63(66)69-60-61(59-68-62(65)56-53-50-47-44-41-21-18-15-12-9-6-3)70-64(67)58-55-52-49-46-43-39-25-23-20-17-14-11-8-5-2/h14-15,17-18,22-25,27-28,30-31,61H,4-13,16,19-21,26,29,32-60H2,1-3H3/b17-14-,18-15-,24-22-,25-23-,28-27-,31-30-. The van der Waals surface area contributed by atoms with Gasteiger partial charge in [0.1, 0.15) is 13.2 Å². The van der Waals surface area contributed by atoms with Gasteiger partial charge in [-0.15, -0.1) is 0 Å². The molecule has 0 heterocycles. The highest BCUT2D eigenvalue weighted by atomic mass is 16.6. The Morgan fingerprint density at radius 3 is 0.857 bits per heavy atom. The molecule has 6 heteroatoms. The van der Waals surface area contributed by atoms with Crippen LogP contribution in [0.3, 0.4) is 0 Å². The van der Waals surface area contributed by atoms with Gasteiger partial charge in [-0.25, -0.2) is 0 Å². The third-order valence-corrected chi connectivity index (χ3v) is 12.9. The first-order valence-electron chi connectivity index (χ1n) is 29.9. The van der Waals surface area contributed by atoms with E-state index >= 15 is 0 Å². The van der Waals surface area contributed by atoms with Crippen molar-refractivity contribution in [2.24, 2.45) is 0 Å². The number of carbonyl (C=O) groups is 3. The van der Waals surface area contributed by atoms with Crippen LogP contribution >= 0.6 is 0 Å². The van der Waals surface area contributed by atoms with Crippen LogP contribution in [0.2, 0.25) is 0 Å². The van der Waals surface area contributed by atoms with E-state index in [0.29, 0.717) is 19.3 Å². The minimum absolute atomic E-state index is 0.0838. The third kappa shape index (κ3) is 55.8. The zero-order chi connectivity index (χ0) is 50.7. The van der Waals surface area contributed by atoms with E-state index in [1.807, 2.05) is 0 Å². The second-order valence-corrected chi connectivity index (χ2v) is 19.9. The van der Waals surface area contributed by atoms with Crippen molar-refractivity contribution >= 4 is 17.9 Å². The maximum atomic E-state index is 12.8. The minimum atomic E-state index is -0.786. The summed E-state index contributed by atoms with van der Waals surface area (Å²) in [5, 5.41) is 0. The third-order valence-electron chi connectivity index (χ3n) is 12.9. The maximum absolute atomic E-state index is 12.8. The van der Waals surface area contributed by atoms with Crippen LogP contribution in [0.25, 0.3) is 0 Å². The molecule has 6 nitrogen and oxygen atoms in total. The molecule has 0 aromatic heterocycles. The van der Waals surface area contributed by atoms with Gasteiger partial charge in [-0.2, -0.15) is 0 Å². The number of allylic oxidation sites excluding steroid dienone is 12. The second kappa shape index (κ2) is 58.4. The molecule has 0 fully saturated rings. The molecule has 0 bridgehead atoms. The van der Waals surface area contributed by atoms with Crippen LogP contribution in [0.1, 0.15) is 297 Å². The van der Waals surface area contributed by atoms with Crippen molar-refractivity contribution in [2.45, 2.75) is 303 Å². The van der Waals surface area contributed by atoms with Gasteiger partial charge in [0.25, 0.3) is 0 Å². The zero-order valence-electron chi connectivity index (χ0n) is 46.3. The number of hydrogen-bond donors (Lipinski definition) is 0. The predicted molar refractivity (Wildman–Crippen MR) is 302 cm³/mol. The van der Waals surface area contributed by atoms with Crippen molar-refractivity contribution in [3.05, 3.63) is 72.9 Å². The van der Waals surface area contributed by atoms with Gasteiger partial charge in [0.05, 0.1) is 0 Å². The Morgan fingerprint density at radius 2 is 0.529 bits per heavy atom. The van der Waals surface area contributed by atoms with E-state index in [2.05, 4.69) is 93.7 Å². The number of ether oxygens (including phenoxy) is 3. The summed E-state index contributed by atoms with van der Waals surface area (Å²) in [5.74, 6) is -0.903. The number of hydrogen-bond acceptors (Lipinski definition) is 6. The van der Waals surface area contributed by atoms with Crippen LogP contribution in [-0.4, -0.2) is 37.2 Å². The Kier molecular flexibility index (Phi) is 55.8. The van der Waals surface area contributed by atoms with E-state index in [0.717, 1.165) is 103 Å². The van der Waals surface area contributed by atoms with Crippen molar-refractivity contribution in [1.29, 1.82) is 0 Å². The van der Waals surface area contributed by atoms with Crippen LogP contribution in [0.15, 0.2) is 72.9 Å². The monoisotopic (exact) mass is 977 g/mol. The van der Waals surface area contributed by atoms with Gasteiger partial charge >= 0.3 is 17.9 Å². The average molecular weight is 978 g/mol. The molecule has 0 aliphatic carbocycles. The number of unbranched alkanes of at least 4 members (excludes halogenated alkanes) is 31. The molecule has 404 valence electrons. The summed E-state index contributed by atoms with van der Waals surface area (Å²) >= 11 is 0. The molecule has 0 saturated carbocycles. The summed E-state index contributed by atoms with van der Waals surface area (Å²) in [7, 11) is 0. The molecule has 0 saturated heterocycles. The quantitative estimate of drug-likeness (QED) is 0.0261. The Bertz CT molecular complexity index is 1310. The zero-order valence-corrected chi connectivity index (χ0v) is 46.3. The van der Waals surface area contributed by atoms with Gasteiger partial charge in [-0.05, 0) is 103 Å². The summed E-state index contributed by atoms with van der Waals surface area (Å²) in [4.78, 5) is 38.1. The van der Waals surface area contributed by atoms with E-state index in [9.17, 15) is 14.4 Å². The molecule has 1 unspecified atom stereocenters. The largest absolute Gasteiger partial charge is 0.462 e. The van der Waals surface area contributed by atoms with Crippen LogP contribution in [0.4, 0.5) is 0 Å². The Hall–Kier alpha value is -3.15. The van der Waals surface area contributed by atoms with Gasteiger partial charge in [-0.3, -0.25) is 14.4 Å². The molecule has 0 aromatic rings. The molecule has 0 aliphatic rings. The van der Waals surface area contributed by atoms with Crippen LogP contribution in [0, 0.1) is 0 Å². The van der Waals surface area contributed by atoms with E-state index < -0.39 is 6.10 Å². The average Bonchev–Trinajstić information content (AvgIpc) is 3.36. The lowest BCUT2D eigenvalue weighted by molar-refractivity contribution is -0.167. The molecule has 0 spiro atoms. The Balaban J connectivity index is 4.22. The van der Waals surface area contributed by atoms with Gasteiger partial charge < -0.3 is 14.2 Å². The first-order chi connectivity index (χ1) is 34.5. The fourth-order valence-electron chi connectivity index (χ4n) is 8.33. The molecule has 0 N–H and O–H groups in total. The smallest absolute Gasteiger partial charge is 0.306 e. The van der Waals surface area contributed by atoms with Crippen LogP contribution in [0.5, 0.6) is 0 Å². The molecule has 0 radical (unpaired) electrons. The van der Waals surface area contributed by atoms with Gasteiger partial charge in [0.15, 0.2) is 6.10 Å². The molecule has 0 amide bonds. The SMILES string of the molecule is CCCC/C=C\C/C=C\CCCCCCCC(=O)OC(COC(=O)CCCCCCC/C=C\CCCC)COC(=O)CCCCCCCCCCCCCC/C=C\C/C=C\C/C=C\CCCCCCC. The Labute approximate surface area is 433 Å². The van der Waals surface area contributed by atoms with Crippen molar-refractivity contribution < 1.29 is 28.6 Å². The lowest BCUT2D eigenvalue weighted by Gasteiger charge is -2.18. The highest BCUT2D eigenvalue weighted by Crippen LogP contribution is 2.15. The number of rotatable bonds is 54. The Morgan fingerprint density at radius 1 is 0.286 bits per heavy atom. The molecular formula is C64H112O6. The van der Waals surface area contributed by atoms with Crippen molar-refractivity contribution in [3.63, 3.8) is 0 Å². The van der Waals surface area contributed by atoms with E-state index in [4.69, 9.17) is 14.2 Å². The minimum Gasteiger partial charge on any atom is -0.462 e. The summed E-state index contributed by atoms with van der Waals surface area (Å²) in [6.07, 6.45) is 74.8. The second-order valence-electron chi connectivity index (χ2n) is 19.9. The summed E-state index contributed by atoms with van der Waals surface area (Å²) in [6.45, 7) is 6.54. The van der Waals surface area contributed by atoms with Gasteiger partial charge in [0.2, 0.25) is 0 Å². The lowest BCUT2D eigenvalue weighted by atomic mass is 10.0. The fraction of sp³-hybridized carbons (Fsp3) is 0.766. The number of esters is 3. The molecule has 0 aliphatic heterocycles. The normalized spacial score (nSPS) is 12.6. The lowest BCUT2D eigenvalue weighted by Crippen LogP contribution is -2.30. The first-order valence-corrected chi connectivity index (χ1v) is 29.9. The summed E-state index contributed by atoms with van der Waals surface area (Å²) in [6, 6.07) is 0. The van der Waals surface area contributed by atoms with Crippen molar-refractivity contribution in [2.75, 3.05) is 13.2 Å². The summed E-state index contributed by atoms with van der Waals surface area (Å²) < 4.78 is 16.8. The van der Waals surface area contributed by atoms with Crippen molar-refractivity contribution in [1.82, 2.24) is 0 Å². The molecular weight excluding hydrogens is 865 g/mol. The van der Waals surface area contributed by atoms with E-state index in [1.165, 1.54) is 154 Å². The molecule has 0 rings (SSSR count). The van der Waals surface area contributed by atoms with Crippen LogP contribution in [-0.2, 0) is 28.6 Å². The highest BCUT2D eigenvalue weighted by Gasteiger charge is 2.19. The molecule has 1 atom stereocenters. The fourth-order valence-corrected chi connectivity index (χ4v) is 8.33. The number of carbonyl (C=O) groups excluding carboxylic acids is 3. The first kappa shape index (κ1) is 66.9. The highest BCUT2D eigenvalue weighted by molar-refractivity contribution is 5.71. The van der Waals surface area contributed by atoms with Crippen LogP contribution < -0.4 is 0 Å². The topological polar surface area (TPSA) is 78.9 Å². The maximum Gasteiger partial charge on any atom is 0.306 e. The van der Waals surface area contributed by atoms with Gasteiger partial charge in [0, 0.05) is 19.3 Å². The molecule has 0 aromatic carbocycles. The van der Waals surface area contributed by atoms with E-state index in [-0.39, 0.29) is 31.1 Å². The molecule has 70 heavy (non-hydrogen) atoms. The predicted octanol–water partition coefficient (Wildman–Crippen LogP) is 20.2. The summed E-state index contributed by atoms with van der Waals surface area (Å²) in [5.41, 5.74) is 0. The van der Waals surface area contributed by atoms with E-state index in [1.54, 1.807) is 0 Å². The van der Waals surface area contributed by atoms with Crippen molar-refractivity contribution in [3.8, 4) is 0 Å².